The second kappa shape index (κ2) is 6.87. The van der Waals surface area contributed by atoms with Crippen LogP contribution in [0.3, 0.4) is 0 Å². The number of hydrogen-bond acceptors (Lipinski definition) is 1. The molecule has 0 amide bonds. The van der Waals surface area contributed by atoms with Gasteiger partial charge < -0.3 is 9.47 Å². The fourth-order valence-electron chi connectivity index (χ4n) is 4.00. The Balaban J connectivity index is 2.04. The first kappa shape index (κ1) is 16.7. The summed E-state index contributed by atoms with van der Waals surface area (Å²) in [7, 11) is 2.23. The summed E-state index contributed by atoms with van der Waals surface area (Å²) >= 11 is 0. The molecule has 0 fully saturated rings. The number of aromatic nitrogens is 1. The summed E-state index contributed by atoms with van der Waals surface area (Å²) < 4.78 is 2.38. The summed E-state index contributed by atoms with van der Waals surface area (Å²) in [6.07, 6.45) is 2.40. The molecule has 1 aromatic heterocycles. The van der Waals surface area contributed by atoms with Gasteiger partial charge in [-0.2, -0.15) is 0 Å². The van der Waals surface area contributed by atoms with E-state index >= 15 is 0 Å². The first-order chi connectivity index (χ1) is 12.7. The first-order valence-corrected chi connectivity index (χ1v) is 9.52. The monoisotopic (exact) mass is 342 g/mol. The number of para-hydroxylation sites is 2. The average Bonchev–Trinajstić information content (AvgIpc) is 3.03. The number of hydrogen-bond donors (Lipinski definition) is 0. The topological polar surface area (TPSA) is 8.17 Å². The summed E-state index contributed by atoms with van der Waals surface area (Å²) in [4.78, 5) is 2.44. The van der Waals surface area contributed by atoms with Crippen molar-refractivity contribution in [2.45, 2.75) is 32.7 Å². The SMILES string of the molecule is CCCC(C)N(C)c1cccc2c1c1ccccc1n2-c1ccccc1. The molecule has 0 radical (unpaired) electrons. The van der Waals surface area contributed by atoms with Crippen LogP contribution < -0.4 is 4.90 Å². The van der Waals surface area contributed by atoms with E-state index in [9.17, 15) is 0 Å². The number of anilines is 1. The van der Waals surface area contributed by atoms with Crippen molar-refractivity contribution in [1.29, 1.82) is 0 Å². The van der Waals surface area contributed by atoms with Gasteiger partial charge in [-0.15, -0.1) is 0 Å². The third-order valence-electron chi connectivity index (χ3n) is 5.44. The zero-order valence-electron chi connectivity index (χ0n) is 15.8. The van der Waals surface area contributed by atoms with Gasteiger partial charge in [0, 0.05) is 35.2 Å². The molecule has 0 aliphatic carbocycles. The molecular weight excluding hydrogens is 316 g/mol. The van der Waals surface area contributed by atoms with Crippen LogP contribution in [-0.4, -0.2) is 17.7 Å². The van der Waals surface area contributed by atoms with Crippen LogP contribution in [0.25, 0.3) is 27.5 Å². The quantitative estimate of drug-likeness (QED) is 0.407. The van der Waals surface area contributed by atoms with Gasteiger partial charge in [-0.3, -0.25) is 0 Å². The normalized spacial score (nSPS) is 12.6. The van der Waals surface area contributed by atoms with Crippen LogP contribution in [0.5, 0.6) is 0 Å². The molecule has 0 N–H and O–H groups in total. The van der Waals surface area contributed by atoms with E-state index in [1.807, 2.05) is 0 Å². The Morgan fingerprint density at radius 1 is 0.846 bits per heavy atom. The third-order valence-corrected chi connectivity index (χ3v) is 5.44. The van der Waals surface area contributed by atoms with Crippen molar-refractivity contribution >= 4 is 27.5 Å². The zero-order chi connectivity index (χ0) is 18.1. The molecule has 0 aliphatic rings. The van der Waals surface area contributed by atoms with Crippen molar-refractivity contribution in [3.63, 3.8) is 0 Å². The molecule has 1 atom stereocenters. The van der Waals surface area contributed by atoms with Crippen molar-refractivity contribution in [3.05, 3.63) is 72.8 Å². The predicted molar refractivity (Wildman–Crippen MR) is 114 cm³/mol. The van der Waals surface area contributed by atoms with Gasteiger partial charge in [0.2, 0.25) is 0 Å². The lowest BCUT2D eigenvalue weighted by Gasteiger charge is -2.27. The van der Waals surface area contributed by atoms with E-state index in [0.29, 0.717) is 6.04 Å². The van der Waals surface area contributed by atoms with E-state index in [0.717, 1.165) is 0 Å². The van der Waals surface area contributed by atoms with Gasteiger partial charge in [0.05, 0.1) is 11.0 Å². The van der Waals surface area contributed by atoms with Crippen LogP contribution in [0, 0.1) is 0 Å². The van der Waals surface area contributed by atoms with Crippen molar-refractivity contribution in [2.24, 2.45) is 0 Å². The van der Waals surface area contributed by atoms with Crippen LogP contribution >= 0.6 is 0 Å². The Labute approximate surface area is 155 Å². The zero-order valence-corrected chi connectivity index (χ0v) is 15.8. The molecule has 0 aliphatic heterocycles. The maximum absolute atomic E-state index is 2.44. The van der Waals surface area contributed by atoms with Crippen LogP contribution in [-0.2, 0) is 0 Å². The molecule has 1 unspecified atom stereocenters. The number of benzene rings is 3. The first-order valence-electron chi connectivity index (χ1n) is 9.52. The third kappa shape index (κ3) is 2.66. The highest BCUT2D eigenvalue weighted by molar-refractivity contribution is 6.15. The minimum atomic E-state index is 0.518. The number of fused-ring (bicyclic) bond motifs is 3. The molecule has 1 heterocycles. The van der Waals surface area contributed by atoms with Crippen LogP contribution in [0.4, 0.5) is 5.69 Å². The Morgan fingerprint density at radius 3 is 2.31 bits per heavy atom. The lowest BCUT2D eigenvalue weighted by Crippen LogP contribution is -2.28. The van der Waals surface area contributed by atoms with Gasteiger partial charge in [0.25, 0.3) is 0 Å². The number of nitrogens with zero attached hydrogens (tertiary/aromatic N) is 2. The molecule has 2 heteroatoms. The molecule has 2 nitrogen and oxygen atoms in total. The highest BCUT2D eigenvalue weighted by Gasteiger charge is 2.18. The van der Waals surface area contributed by atoms with Gasteiger partial charge in [0.15, 0.2) is 0 Å². The highest BCUT2D eigenvalue weighted by Crippen LogP contribution is 2.38. The second-order valence-electron chi connectivity index (χ2n) is 7.11. The molecule has 4 rings (SSSR count). The van der Waals surface area contributed by atoms with E-state index in [1.54, 1.807) is 0 Å². The summed E-state index contributed by atoms with van der Waals surface area (Å²) in [5, 5.41) is 2.66. The van der Waals surface area contributed by atoms with E-state index in [2.05, 4.69) is 103 Å². The second-order valence-corrected chi connectivity index (χ2v) is 7.11. The Kier molecular flexibility index (Phi) is 4.42. The van der Waals surface area contributed by atoms with Crippen molar-refractivity contribution in [3.8, 4) is 5.69 Å². The summed E-state index contributed by atoms with van der Waals surface area (Å²) in [5.74, 6) is 0. The van der Waals surface area contributed by atoms with Gasteiger partial charge in [0.1, 0.15) is 0 Å². The lowest BCUT2D eigenvalue weighted by molar-refractivity contribution is 0.617. The van der Waals surface area contributed by atoms with Crippen LogP contribution in [0.2, 0.25) is 0 Å². The molecule has 3 aromatic carbocycles. The molecule has 0 spiro atoms. The minimum Gasteiger partial charge on any atom is -0.371 e. The molecule has 0 saturated carbocycles. The molecular formula is C24H26N2. The van der Waals surface area contributed by atoms with Crippen LogP contribution in [0.15, 0.2) is 72.8 Å². The van der Waals surface area contributed by atoms with Crippen molar-refractivity contribution in [1.82, 2.24) is 4.57 Å². The van der Waals surface area contributed by atoms with E-state index in [1.165, 1.54) is 46.0 Å². The Bertz CT molecular complexity index is 1030. The number of rotatable bonds is 5. The fourth-order valence-corrected chi connectivity index (χ4v) is 4.00. The molecule has 0 saturated heterocycles. The summed E-state index contributed by atoms with van der Waals surface area (Å²) in [5.41, 5.74) is 5.05. The average molecular weight is 342 g/mol. The lowest BCUT2D eigenvalue weighted by atomic mass is 10.1. The van der Waals surface area contributed by atoms with Gasteiger partial charge in [-0.05, 0) is 43.7 Å². The maximum atomic E-state index is 2.44. The van der Waals surface area contributed by atoms with Crippen molar-refractivity contribution in [2.75, 3.05) is 11.9 Å². The molecule has 26 heavy (non-hydrogen) atoms. The van der Waals surface area contributed by atoms with E-state index in [-0.39, 0.29) is 0 Å². The Morgan fingerprint density at radius 2 is 1.54 bits per heavy atom. The minimum absolute atomic E-state index is 0.518. The van der Waals surface area contributed by atoms with Gasteiger partial charge in [-0.1, -0.05) is 55.8 Å². The summed E-state index contributed by atoms with van der Waals surface area (Å²) in [6, 6.07) is 26.6. The molecule has 132 valence electrons. The van der Waals surface area contributed by atoms with E-state index < -0.39 is 0 Å². The highest BCUT2D eigenvalue weighted by atomic mass is 15.1. The van der Waals surface area contributed by atoms with Crippen LogP contribution in [0.1, 0.15) is 26.7 Å². The summed E-state index contributed by atoms with van der Waals surface area (Å²) in [6.45, 7) is 4.57. The van der Waals surface area contributed by atoms with Gasteiger partial charge in [-0.25, -0.2) is 0 Å². The van der Waals surface area contributed by atoms with Gasteiger partial charge >= 0.3 is 0 Å². The molecule has 0 bridgehead atoms. The largest absolute Gasteiger partial charge is 0.371 e. The Hall–Kier alpha value is -2.74. The molecule has 4 aromatic rings. The predicted octanol–water partition coefficient (Wildman–Crippen LogP) is 6.41. The standard InChI is InChI=1S/C24H26N2/c1-4-11-18(2)25(3)22-16-10-17-23-24(22)20-14-8-9-15-21(20)26(23)19-12-6-5-7-13-19/h5-10,12-18H,4,11H2,1-3H3. The van der Waals surface area contributed by atoms with E-state index in [4.69, 9.17) is 0 Å². The van der Waals surface area contributed by atoms with Crippen molar-refractivity contribution < 1.29 is 0 Å². The smallest absolute Gasteiger partial charge is 0.0561 e. The maximum Gasteiger partial charge on any atom is 0.0561 e. The fraction of sp³-hybridized carbons (Fsp3) is 0.250.